The zero-order chi connectivity index (χ0) is 22.9. The number of ether oxygens (including phenoxy) is 1. The van der Waals surface area contributed by atoms with Crippen molar-refractivity contribution in [2.24, 2.45) is 0 Å². The second-order valence-corrected chi connectivity index (χ2v) is 9.25. The lowest BCUT2D eigenvalue weighted by Gasteiger charge is -2.21. The summed E-state index contributed by atoms with van der Waals surface area (Å²) in [6.45, 7) is 5.05. The minimum absolute atomic E-state index is 0.133. The van der Waals surface area contributed by atoms with Gasteiger partial charge in [0.25, 0.3) is 0 Å². The predicted octanol–water partition coefficient (Wildman–Crippen LogP) is 5.14. The van der Waals surface area contributed by atoms with Gasteiger partial charge in [-0.2, -0.15) is 0 Å². The highest BCUT2D eigenvalue weighted by atomic mass is 32.1. The Morgan fingerprint density at radius 3 is 2.58 bits per heavy atom. The second kappa shape index (κ2) is 11.6. The van der Waals surface area contributed by atoms with Crippen LogP contribution >= 0.6 is 11.3 Å². The summed E-state index contributed by atoms with van der Waals surface area (Å²) in [6.07, 6.45) is 10.3. The van der Waals surface area contributed by atoms with Crippen LogP contribution in [-0.4, -0.2) is 29.0 Å². The van der Waals surface area contributed by atoms with Gasteiger partial charge in [0, 0.05) is 37.3 Å². The number of nitrogens with one attached hydrogen (secondary N) is 1. The number of nitrogens with zero attached hydrogens (tertiary/aromatic N) is 3. The highest BCUT2D eigenvalue weighted by Gasteiger charge is 2.10. The number of pyridine rings is 1. The topological polar surface area (TPSA) is 67.3 Å². The normalized spacial score (nSPS) is 14.3. The van der Waals surface area contributed by atoms with Crippen LogP contribution < -0.4 is 15.0 Å². The zero-order valence-corrected chi connectivity index (χ0v) is 19.8. The van der Waals surface area contributed by atoms with E-state index in [1.165, 1.54) is 25.7 Å². The molecule has 0 bridgehead atoms. The Bertz CT molecular complexity index is 1050. The summed E-state index contributed by atoms with van der Waals surface area (Å²) >= 11 is 1.62. The number of hydrogen-bond acceptors (Lipinski definition) is 6. The third kappa shape index (κ3) is 7.15. The third-order valence-electron chi connectivity index (χ3n) is 5.57. The van der Waals surface area contributed by atoms with E-state index in [-0.39, 0.29) is 5.91 Å². The Morgan fingerprint density at radius 1 is 1.12 bits per heavy atom. The number of benzene rings is 1. The maximum Gasteiger partial charge on any atom is 0.244 e. The van der Waals surface area contributed by atoms with E-state index in [1.807, 2.05) is 48.8 Å². The first kappa shape index (κ1) is 23.0. The van der Waals surface area contributed by atoms with Crippen molar-refractivity contribution in [1.29, 1.82) is 0 Å². The van der Waals surface area contributed by atoms with Crippen molar-refractivity contribution in [3.63, 3.8) is 0 Å². The Hall–Kier alpha value is -3.19. The molecule has 3 aromatic rings. The second-order valence-electron chi connectivity index (χ2n) is 8.19. The largest absolute Gasteiger partial charge is 0.487 e. The van der Waals surface area contributed by atoms with Crippen LogP contribution in [0.4, 0.5) is 5.82 Å². The van der Waals surface area contributed by atoms with Gasteiger partial charge in [-0.15, -0.1) is 11.3 Å². The van der Waals surface area contributed by atoms with Crippen LogP contribution in [0.1, 0.15) is 47.5 Å². The van der Waals surface area contributed by atoms with Gasteiger partial charge in [0.05, 0.1) is 10.7 Å². The summed E-state index contributed by atoms with van der Waals surface area (Å²) in [5.41, 5.74) is 2.86. The van der Waals surface area contributed by atoms with Gasteiger partial charge < -0.3 is 15.0 Å². The molecule has 0 saturated carbocycles. The molecule has 0 aliphatic carbocycles. The smallest absolute Gasteiger partial charge is 0.244 e. The lowest BCUT2D eigenvalue weighted by molar-refractivity contribution is -0.116. The van der Waals surface area contributed by atoms with Gasteiger partial charge in [0.15, 0.2) is 0 Å². The summed E-state index contributed by atoms with van der Waals surface area (Å²) in [5, 5.41) is 5.96. The molecular formula is C26H30N4O2S. The van der Waals surface area contributed by atoms with Gasteiger partial charge in [-0.1, -0.05) is 31.0 Å². The minimum Gasteiger partial charge on any atom is -0.487 e. The molecule has 0 spiro atoms. The Balaban J connectivity index is 1.21. The third-order valence-corrected chi connectivity index (χ3v) is 6.39. The van der Waals surface area contributed by atoms with E-state index in [0.717, 1.165) is 46.5 Å². The summed E-state index contributed by atoms with van der Waals surface area (Å²) in [7, 11) is 0. The quantitative estimate of drug-likeness (QED) is 0.470. The summed E-state index contributed by atoms with van der Waals surface area (Å²) in [4.78, 5) is 23.6. The molecule has 4 rings (SSSR count). The number of hydrogen-bond donors (Lipinski definition) is 1. The average Bonchev–Trinajstić information content (AvgIpc) is 3.08. The Morgan fingerprint density at radius 2 is 1.91 bits per heavy atom. The number of aromatic nitrogens is 2. The van der Waals surface area contributed by atoms with E-state index in [4.69, 9.17) is 4.74 Å². The van der Waals surface area contributed by atoms with Gasteiger partial charge in [0.1, 0.15) is 18.2 Å². The van der Waals surface area contributed by atoms with Crippen LogP contribution in [-0.2, 0) is 17.9 Å². The molecule has 1 aliphatic heterocycles. The first-order chi connectivity index (χ1) is 16.2. The maximum atomic E-state index is 12.2. The number of rotatable bonds is 8. The molecule has 3 heterocycles. The van der Waals surface area contributed by atoms with Crippen LogP contribution in [0.5, 0.6) is 5.75 Å². The summed E-state index contributed by atoms with van der Waals surface area (Å²) in [5.74, 6) is 1.67. The van der Waals surface area contributed by atoms with E-state index in [9.17, 15) is 4.79 Å². The fourth-order valence-electron chi connectivity index (χ4n) is 3.74. The molecule has 172 valence electrons. The van der Waals surface area contributed by atoms with E-state index in [2.05, 4.69) is 26.3 Å². The number of aryl methyl sites for hydroxylation is 1. The van der Waals surface area contributed by atoms with E-state index in [0.29, 0.717) is 13.2 Å². The van der Waals surface area contributed by atoms with Crippen molar-refractivity contribution in [1.82, 2.24) is 15.3 Å². The number of carbonyl (C=O) groups excluding carboxylic acids is 1. The summed E-state index contributed by atoms with van der Waals surface area (Å²) < 4.78 is 5.76. The molecule has 1 saturated heterocycles. The van der Waals surface area contributed by atoms with Crippen molar-refractivity contribution in [2.75, 3.05) is 18.0 Å². The molecule has 0 unspecified atom stereocenters. The molecule has 0 atom stereocenters. The first-order valence-corrected chi connectivity index (χ1v) is 12.3. The number of carbonyl (C=O) groups is 1. The van der Waals surface area contributed by atoms with Crippen molar-refractivity contribution in [3.05, 3.63) is 75.9 Å². The molecule has 33 heavy (non-hydrogen) atoms. The number of anilines is 1. The van der Waals surface area contributed by atoms with Gasteiger partial charge in [-0.05, 0) is 55.2 Å². The van der Waals surface area contributed by atoms with E-state index in [1.54, 1.807) is 23.5 Å². The lowest BCUT2D eigenvalue weighted by Crippen LogP contribution is -2.25. The fourth-order valence-corrected chi connectivity index (χ4v) is 4.33. The predicted molar refractivity (Wildman–Crippen MR) is 133 cm³/mol. The van der Waals surface area contributed by atoms with Crippen LogP contribution in [0, 0.1) is 6.92 Å². The fraction of sp³-hybridized carbons (Fsp3) is 0.346. The van der Waals surface area contributed by atoms with Gasteiger partial charge in [-0.25, -0.2) is 9.97 Å². The molecule has 1 fully saturated rings. The summed E-state index contributed by atoms with van der Waals surface area (Å²) in [6, 6.07) is 11.8. The molecule has 0 radical (unpaired) electrons. The van der Waals surface area contributed by atoms with E-state index >= 15 is 0 Å². The van der Waals surface area contributed by atoms with Crippen molar-refractivity contribution < 1.29 is 9.53 Å². The lowest BCUT2D eigenvalue weighted by atomic mass is 10.2. The monoisotopic (exact) mass is 462 g/mol. The number of amides is 1. The van der Waals surface area contributed by atoms with Gasteiger partial charge >= 0.3 is 0 Å². The molecule has 1 amide bonds. The van der Waals surface area contributed by atoms with Gasteiger partial charge in [0.2, 0.25) is 5.91 Å². The SMILES string of the molecule is Cc1nc(COc2ccc(/C=C/C(=O)NCc3ccc(N4CCCCCC4)nc3)cc2)cs1. The van der Waals surface area contributed by atoms with Crippen LogP contribution in [0.25, 0.3) is 6.08 Å². The molecule has 2 aromatic heterocycles. The number of thiazole rings is 1. The van der Waals surface area contributed by atoms with Gasteiger partial charge in [-0.3, -0.25) is 4.79 Å². The maximum absolute atomic E-state index is 12.2. The highest BCUT2D eigenvalue weighted by molar-refractivity contribution is 7.09. The van der Waals surface area contributed by atoms with Crippen molar-refractivity contribution >= 4 is 29.1 Å². The minimum atomic E-state index is -0.133. The Labute approximate surface area is 199 Å². The van der Waals surface area contributed by atoms with Crippen molar-refractivity contribution in [3.8, 4) is 5.75 Å². The molecule has 1 aliphatic rings. The highest BCUT2D eigenvalue weighted by Crippen LogP contribution is 2.18. The Kier molecular flexibility index (Phi) is 8.09. The van der Waals surface area contributed by atoms with Crippen LogP contribution in [0.2, 0.25) is 0 Å². The standard InChI is InChI=1S/C26H30N4O2S/c1-20-29-23(19-33-20)18-32-24-10-6-21(7-11-24)9-13-26(31)28-17-22-8-12-25(27-16-22)30-14-4-2-3-5-15-30/h6-13,16,19H,2-5,14-15,17-18H2,1H3,(H,28,31)/b13-9+. The van der Waals surface area contributed by atoms with Crippen molar-refractivity contribution in [2.45, 2.75) is 45.8 Å². The molecule has 1 N–H and O–H groups in total. The molecule has 6 nitrogen and oxygen atoms in total. The van der Waals surface area contributed by atoms with E-state index < -0.39 is 0 Å². The molecule has 7 heteroatoms. The molecular weight excluding hydrogens is 432 g/mol. The average molecular weight is 463 g/mol. The van der Waals surface area contributed by atoms with Crippen LogP contribution in [0.3, 0.4) is 0 Å². The zero-order valence-electron chi connectivity index (χ0n) is 19.0. The first-order valence-electron chi connectivity index (χ1n) is 11.5. The molecule has 1 aromatic carbocycles. The van der Waals surface area contributed by atoms with Crippen LogP contribution in [0.15, 0.2) is 54.1 Å².